The monoisotopic (exact) mass is 390 g/mol. The molecule has 0 heterocycles. The van der Waals surface area contributed by atoms with Gasteiger partial charge >= 0.3 is 11.9 Å². The third-order valence-electron chi connectivity index (χ3n) is 4.74. The van der Waals surface area contributed by atoms with Crippen LogP contribution in [-0.2, 0) is 19.1 Å². The summed E-state index contributed by atoms with van der Waals surface area (Å²) in [7, 11) is 0. The van der Waals surface area contributed by atoms with Gasteiger partial charge in [0.15, 0.2) is 0 Å². The lowest BCUT2D eigenvalue weighted by Crippen LogP contribution is -2.58. The second kappa shape index (κ2) is 6.71. The highest BCUT2D eigenvalue weighted by Gasteiger charge is 2.56. The maximum absolute atomic E-state index is 12.0. The van der Waals surface area contributed by atoms with Crippen LogP contribution in [0.1, 0.15) is 65.7 Å². The molecule has 0 radical (unpaired) electrons. The summed E-state index contributed by atoms with van der Waals surface area (Å²) in [5.74, 6) is -0.381. The highest BCUT2D eigenvalue weighted by atomic mass is 79.9. The summed E-state index contributed by atoms with van der Waals surface area (Å²) in [5, 5.41) is 11.3. The minimum atomic E-state index is -0.848. The standard InChI is InChI=1S/C17H27BrO5/c1-12(19)22-17-9-13(7-15(2,21)10-17)8-16(3,11-17)23-14(20)5-4-6-18/h13,21H,4-11H2,1-3H3. The average Bonchev–Trinajstić information content (AvgIpc) is 2.30. The molecule has 2 aliphatic carbocycles. The summed E-state index contributed by atoms with van der Waals surface area (Å²) in [5.41, 5.74) is -2.22. The van der Waals surface area contributed by atoms with E-state index in [-0.39, 0.29) is 17.9 Å². The van der Waals surface area contributed by atoms with Crippen molar-refractivity contribution in [1.29, 1.82) is 0 Å². The van der Waals surface area contributed by atoms with Crippen molar-refractivity contribution < 1.29 is 24.2 Å². The van der Waals surface area contributed by atoms with E-state index in [1.54, 1.807) is 6.92 Å². The van der Waals surface area contributed by atoms with Crippen molar-refractivity contribution in [1.82, 2.24) is 0 Å². The number of alkyl halides is 1. The molecule has 2 bridgehead atoms. The van der Waals surface area contributed by atoms with Crippen LogP contribution in [0.15, 0.2) is 0 Å². The number of esters is 2. The van der Waals surface area contributed by atoms with Crippen LogP contribution in [0.2, 0.25) is 0 Å². The number of rotatable bonds is 5. The van der Waals surface area contributed by atoms with Crippen molar-refractivity contribution in [2.45, 2.75) is 82.5 Å². The first-order chi connectivity index (χ1) is 10.6. The maximum atomic E-state index is 12.0. The number of halogens is 1. The predicted molar refractivity (Wildman–Crippen MR) is 89.2 cm³/mol. The summed E-state index contributed by atoms with van der Waals surface area (Å²) in [6, 6.07) is 0. The normalized spacial score (nSPS) is 39.6. The SMILES string of the molecule is CC(=O)OC12CC(CC(C)(O)C1)CC(C)(OC(=O)CCCBr)C2. The molecule has 2 rings (SSSR count). The van der Waals surface area contributed by atoms with E-state index in [2.05, 4.69) is 15.9 Å². The Labute approximate surface area is 146 Å². The van der Waals surface area contributed by atoms with Gasteiger partial charge in [0.25, 0.3) is 0 Å². The fourth-order valence-corrected chi connectivity index (χ4v) is 5.02. The molecule has 1 N–H and O–H groups in total. The van der Waals surface area contributed by atoms with Crippen LogP contribution in [0, 0.1) is 5.92 Å². The molecule has 0 aromatic rings. The van der Waals surface area contributed by atoms with Crippen molar-refractivity contribution in [3.8, 4) is 0 Å². The molecule has 0 amide bonds. The Kier molecular flexibility index (Phi) is 5.46. The molecule has 0 spiro atoms. The highest BCUT2D eigenvalue weighted by Crippen LogP contribution is 2.53. The summed E-state index contributed by atoms with van der Waals surface area (Å²) in [4.78, 5) is 23.6. The molecular weight excluding hydrogens is 364 g/mol. The van der Waals surface area contributed by atoms with Crippen LogP contribution < -0.4 is 0 Å². The van der Waals surface area contributed by atoms with Gasteiger partial charge in [-0.05, 0) is 45.4 Å². The largest absolute Gasteiger partial charge is 0.459 e. The zero-order valence-corrected chi connectivity index (χ0v) is 15.8. The Bertz CT molecular complexity index is 478. The van der Waals surface area contributed by atoms with Gasteiger partial charge in [0, 0.05) is 31.5 Å². The molecule has 2 fully saturated rings. The lowest BCUT2D eigenvalue weighted by Gasteiger charge is -2.54. The van der Waals surface area contributed by atoms with Crippen LogP contribution in [0.5, 0.6) is 0 Å². The second-order valence-electron chi connectivity index (χ2n) is 7.82. The van der Waals surface area contributed by atoms with Gasteiger partial charge in [-0.25, -0.2) is 0 Å². The summed E-state index contributed by atoms with van der Waals surface area (Å²) >= 11 is 3.31. The lowest BCUT2D eigenvalue weighted by molar-refractivity contribution is -0.214. The number of hydrogen-bond donors (Lipinski definition) is 1. The molecule has 2 saturated carbocycles. The van der Waals surface area contributed by atoms with E-state index >= 15 is 0 Å². The van der Waals surface area contributed by atoms with E-state index in [1.807, 2.05) is 6.92 Å². The molecule has 2 aliphatic rings. The summed E-state index contributed by atoms with van der Waals surface area (Å²) in [6.07, 6.45) is 4.04. The van der Waals surface area contributed by atoms with Crippen molar-refractivity contribution in [2.75, 3.05) is 5.33 Å². The topological polar surface area (TPSA) is 72.8 Å². The zero-order chi connectivity index (χ0) is 17.3. The first-order valence-corrected chi connectivity index (χ1v) is 9.39. The number of carbonyl (C=O) groups is 2. The van der Waals surface area contributed by atoms with Gasteiger partial charge in [-0.2, -0.15) is 0 Å². The number of fused-ring (bicyclic) bond motifs is 2. The fourth-order valence-electron chi connectivity index (χ4n) is 4.74. The summed E-state index contributed by atoms with van der Waals surface area (Å²) in [6.45, 7) is 5.10. The Balaban J connectivity index is 2.16. The minimum absolute atomic E-state index is 0.181. The molecule has 6 heteroatoms. The van der Waals surface area contributed by atoms with Gasteiger partial charge in [-0.15, -0.1) is 0 Å². The highest BCUT2D eigenvalue weighted by molar-refractivity contribution is 9.09. The first-order valence-electron chi connectivity index (χ1n) is 8.27. The van der Waals surface area contributed by atoms with E-state index in [1.165, 1.54) is 6.92 Å². The van der Waals surface area contributed by atoms with E-state index in [9.17, 15) is 14.7 Å². The van der Waals surface area contributed by atoms with Crippen LogP contribution >= 0.6 is 15.9 Å². The molecule has 0 aliphatic heterocycles. The number of aliphatic hydroxyl groups is 1. The molecule has 0 saturated heterocycles. The van der Waals surface area contributed by atoms with E-state index in [0.29, 0.717) is 32.1 Å². The lowest BCUT2D eigenvalue weighted by atomic mass is 9.59. The third-order valence-corrected chi connectivity index (χ3v) is 5.30. The number of hydrogen-bond acceptors (Lipinski definition) is 5. The van der Waals surface area contributed by atoms with E-state index < -0.39 is 16.8 Å². The first kappa shape index (κ1) is 18.7. The number of ether oxygens (including phenoxy) is 2. The van der Waals surface area contributed by atoms with Crippen LogP contribution in [0.25, 0.3) is 0 Å². The number of carbonyl (C=O) groups excluding carboxylic acids is 2. The molecule has 5 nitrogen and oxygen atoms in total. The van der Waals surface area contributed by atoms with Crippen LogP contribution in [0.3, 0.4) is 0 Å². The van der Waals surface area contributed by atoms with Crippen molar-refractivity contribution in [2.24, 2.45) is 5.92 Å². The van der Waals surface area contributed by atoms with Gasteiger partial charge in [0.1, 0.15) is 11.2 Å². The van der Waals surface area contributed by atoms with Gasteiger partial charge in [0.2, 0.25) is 0 Å². The zero-order valence-electron chi connectivity index (χ0n) is 14.2. The molecule has 23 heavy (non-hydrogen) atoms. The Morgan fingerprint density at radius 2 is 1.87 bits per heavy atom. The smallest absolute Gasteiger partial charge is 0.306 e. The Morgan fingerprint density at radius 3 is 2.48 bits per heavy atom. The average molecular weight is 391 g/mol. The van der Waals surface area contributed by atoms with Gasteiger partial charge in [0.05, 0.1) is 5.60 Å². The van der Waals surface area contributed by atoms with Crippen LogP contribution in [0.4, 0.5) is 0 Å². The minimum Gasteiger partial charge on any atom is -0.459 e. The Morgan fingerprint density at radius 1 is 1.17 bits per heavy atom. The van der Waals surface area contributed by atoms with Gasteiger partial charge < -0.3 is 14.6 Å². The summed E-state index contributed by atoms with van der Waals surface area (Å²) < 4.78 is 11.4. The molecule has 0 aromatic heterocycles. The van der Waals surface area contributed by atoms with Gasteiger partial charge in [-0.3, -0.25) is 9.59 Å². The third kappa shape index (κ3) is 4.92. The molecular formula is C17H27BrO5. The maximum Gasteiger partial charge on any atom is 0.306 e. The fraction of sp³-hybridized carbons (Fsp3) is 0.882. The molecule has 0 aromatic carbocycles. The molecule has 132 valence electrons. The van der Waals surface area contributed by atoms with Gasteiger partial charge in [-0.1, -0.05) is 15.9 Å². The van der Waals surface area contributed by atoms with Crippen LogP contribution in [-0.4, -0.2) is 39.2 Å². The molecule has 4 unspecified atom stereocenters. The second-order valence-corrected chi connectivity index (χ2v) is 8.62. The predicted octanol–water partition coefficient (Wildman–Crippen LogP) is 3.11. The van der Waals surface area contributed by atoms with E-state index in [0.717, 1.165) is 18.2 Å². The van der Waals surface area contributed by atoms with Crippen molar-refractivity contribution >= 4 is 27.9 Å². The molecule has 4 atom stereocenters. The van der Waals surface area contributed by atoms with Crippen molar-refractivity contribution in [3.63, 3.8) is 0 Å². The Hall–Kier alpha value is -0.620. The van der Waals surface area contributed by atoms with E-state index in [4.69, 9.17) is 9.47 Å². The quantitative estimate of drug-likeness (QED) is 0.576. The van der Waals surface area contributed by atoms with Crippen molar-refractivity contribution in [3.05, 3.63) is 0 Å².